The number of aliphatic hydroxyl groups excluding tert-OH is 1. The Morgan fingerprint density at radius 3 is 2.29 bits per heavy atom. The summed E-state index contributed by atoms with van der Waals surface area (Å²) in [6.07, 6.45) is 3.18. The van der Waals surface area contributed by atoms with Crippen LogP contribution in [-0.2, 0) is 16.1 Å². The van der Waals surface area contributed by atoms with Gasteiger partial charge in [-0.3, -0.25) is 14.6 Å². The van der Waals surface area contributed by atoms with Crippen LogP contribution in [0.5, 0.6) is 17.2 Å². The molecular formula is C25H21ClN2O6. The van der Waals surface area contributed by atoms with E-state index in [1.165, 1.54) is 43.4 Å². The monoisotopic (exact) mass is 480 g/mol. The van der Waals surface area contributed by atoms with Crippen LogP contribution in [0.15, 0.2) is 66.5 Å². The summed E-state index contributed by atoms with van der Waals surface area (Å²) in [6, 6.07) is 11.6. The van der Waals surface area contributed by atoms with Gasteiger partial charge < -0.3 is 24.6 Å². The quantitative estimate of drug-likeness (QED) is 0.311. The fourth-order valence-electron chi connectivity index (χ4n) is 3.92. The zero-order valence-electron chi connectivity index (χ0n) is 18.4. The highest BCUT2D eigenvalue weighted by Gasteiger charge is 2.46. The van der Waals surface area contributed by atoms with E-state index in [9.17, 15) is 19.8 Å². The van der Waals surface area contributed by atoms with Gasteiger partial charge in [0.1, 0.15) is 23.0 Å². The van der Waals surface area contributed by atoms with Crippen molar-refractivity contribution in [2.24, 2.45) is 0 Å². The summed E-state index contributed by atoms with van der Waals surface area (Å²) in [6.45, 7) is 0.108. The largest absolute Gasteiger partial charge is 0.508 e. The molecule has 0 saturated carbocycles. The number of Topliss-reactive ketones (excluding diaryl/α,β-unsaturated/α-hetero) is 1. The van der Waals surface area contributed by atoms with Crippen LogP contribution < -0.4 is 9.47 Å². The number of pyridine rings is 1. The molecule has 0 aliphatic carbocycles. The van der Waals surface area contributed by atoms with Crippen LogP contribution >= 0.6 is 11.6 Å². The van der Waals surface area contributed by atoms with E-state index in [0.29, 0.717) is 5.56 Å². The number of methoxy groups -OCH3 is 2. The third-order valence-electron chi connectivity index (χ3n) is 5.58. The Balaban J connectivity index is 1.92. The Kier molecular flexibility index (Phi) is 6.43. The van der Waals surface area contributed by atoms with Crippen molar-refractivity contribution in [3.05, 3.63) is 88.2 Å². The van der Waals surface area contributed by atoms with E-state index in [1.54, 1.807) is 36.7 Å². The maximum atomic E-state index is 13.2. The van der Waals surface area contributed by atoms with Gasteiger partial charge in [0.15, 0.2) is 0 Å². The molecule has 1 aliphatic rings. The lowest BCUT2D eigenvalue weighted by molar-refractivity contribution is -0.140. The molecule has 2 aromatic carbocycles. The number of rotatable bonds is 6. The Morgan fingerprint density at radius 1 is 1.03 bits per heavy atom. The van der Waals surface area contributed by atoms with Gasteiger partial charge in [0.05, 0.1) is 36.4 Å². The molecule has 1 amide bonds. The molecule has 34 heavy (non-hydrogen) atoms. The van der Waals surface area contributed by atoms with Gasteiger partial charge in [-0.25, -0.2) is 0 Å². The number of benzene rings is 2. The summed E-state index contributed by atoms with van der Waals surface area (Å²) < 4.78 is 10.6. The third-order valence-corrected chi connectivity index (χ3v) is 5.88. The Labute approximate surface area is 200 Å². The lowest BCUT2D eigenvalue weighted by Crippen LogP contribution is -2.29. The number of nitrogens with zero attached hydrogens (tertiary/aromatic N) is 2. The third kappa shape index (κ3) is 4.15. The molecule has 4 rings (SSSR count). The molecule has 174 valence electrons. The van der Waals surface area contributed by atoms with Crippen molar-refractivity contribution in [3.8, 4) is 17.2 Å². The second-order valence-electron chi connectivity index (χ2n) is 7.56. The number of hydrogen-bond acceptors (Lipinski definition) is 7. The van der Waals surface area contributed by atoms with Gasteiger partial charge in [0, 0.05) is 25.0 Å². The number of aromatic hydroxyl groups is 1. The number of aliphatic hydroxyl groups is 1. The maximum Gasteiger partial charge on any atom is 0.295 e. The highest BCUT2D eigenvalue weighted by molar-refractivity contribution is 6.46. The number of likely N-dealkylation sites (tertiary alicyclic amines) is 1. The van der Waals surface area contributed by atoms with E-state index in [2.05, 4.69) is 4.98 Å². The van der Waals surface area contributed by atoms with Crippen LogP contribution in [0.2, 0.25) is 5.02 Å². The van der Waals surface area contributed by atoms with E-state index in [-0.39, 0.29) is 40.0 Å². The summed E-state index contributed by atoms with van der Waals surface area (Å²) >= 11 is 6.19. The number of phenols is 1. The number of phenolic OH excluding ortho intramolecular Hbond substituents is 1. The Bertz CT molecular complexity index is 1270. The van der Waals surface area contributed by atoms with Crippen LogP contribution in [0.4, 0.5) is 0 Å². The van der Waals surface area contributed by atoms with Crippen LogP contribution in [0.3, 0.4) is 0 Å². The van der Waals surface area contributed by atoms with Gasteiger partial charge in [-0.05, 0) is 41.5 Å². The van der Waals surface area contributed by atoms with E-state index in [4.69, 9.17) is 21.1 Å². The number of carbonyl (C=O) groups is 2. The smallest absolute Gasteiger partial charge is 0.295 e. The molecule has 8 nitrogen and oxygen atoms in total. The zero-order chi connectivity index (χ0) is 24.4. The molecular weight excluding hydrogens is 460 g/mol. The predicted molar refractivity (Wildman–Crippen MR) is 125 cm³/mol. The van der Waals surface area contributed by atoms with Crippen molar-refractivity contribution >= 4 is 29.1 Å². The topological polar surface area (TPSA) is 109 Å². The van der Waals surface area contributed by atoms with E-state index >= 15 is 0 Å². The normalized spacial score (nSPS) is 17.1. The number of ether oxygens (including phenoxy) is 2. The zero-order valence-corrected chi connectivity index (χ0v) is 19.1. The summed E-state index contributed by atoms with van der Waals surface area (Å²) in [5.74, 6) is -1.55. The number of amides is 1. The summed E-state index contributed by atoms with van der Waals surface area (Å²) in [5.41, 5.74) is 1.32. The van der Waals surface area contributed by atoms with Crippen molar-refractivity contribution in [2.45, 2.75) is 12.6 Å². The van der Waals surface area contributed by atoms with Crippen molar-refractivity contribution in [3.63, 3.8) is 0 Å². The average Bonchev–Trinajstić information content (AvgIpc) is 3.09. The predicted octanol–water partition coefficient (Wildman–Crippen LogP) is 4.08. The number of ketones is 1. The Hall–Kier alpha value is -4.04. The van der Waals surface area contributed by atoms with Gasteiger partial charge in [0.25, 0.3) is 11.7 Å². The van der Waals surface area contributed by atoms with Gasteiger partial charge in [0.2, 0.25) is 0 Å². The van der Waals surface area contributed by atoms with Gasteiger partial charge in [-0.15, -0.1) is 0 Å². The van der Waals surface area contributed by atoms with Crippen molar-refractivity contribution in [2.75, 3.05) is 14.2 Å². The van der Waals surface area contributed by atoms with E-state index in [1.807, 2.05) is 0 Å². The second kappa shape index (κ2) is 9.44. The lowest BCUT2D eigenvalue weighted by atomic mass is 9.94. The van der Waals surface area contributed by atoms with Gasteiger partial charge >= 0.3 is 0 Å². The molecule has 9 heteroatoms. The van der Waals surface area contributed by atoms with Crippen molar-refractivity contribution < 1.29 is 29.3 Å². The van der Waals surface area contributed by atoms with E-state index < -0.39 is 23.5 Å². The maximum absolute atomic E-state index is 13.2. The molecule has 0 bridgehead atoms. The molecule has 1 saturated heterocycles. The van der Waals surface area contributed by atoms with Gasteiger partial charge in [-0.1, -0.05) is 23.7 Å². The standard InChI is InChI=1S/C25H21ClN2O6/c1-33-19-12-18(26)20(34-2)11-17(19)23(30)21-22(15-3-5-16(29)6-4-15)28(25(32)24(21)31)13-14-7-9-27-10-8-14/h3-12,22,29-30H,13H2,1-2H3/b23-21+. The summed E-state index contributed by atoms with van der Waals surface area (Å²) in [4.78, 5) is 31.7. The first-order valence-corrected chi connectivity index (χ1v) is 10.6. The SMILES string of the molecule is COc1cc(/C(O)=C2\C(=O)C(=O)N(Cc3ccncc3)C2c2ccc(O)cc2)c(OC)cc1Cl. The molecule has 0 spiro atoms. The molecule has 1 aliphatic heterocycles. The first kappa shape index (κ1) is 23.1. The van der Waals surface area contributed by atoms with Gasteiger partial charge in [-0.2, -0.15) is 0 Å². The number of aromatic nitrogens is 1. The van der Waals surface area contributed by atoms with Crippen LogP contribution in [0, 0.1) is 0 Å². The fraction of sp³-hybridized carbons (Fsp3) is 0.160. The molecule has 2 heterocycles. The fourth-order valence-corrected chi connectivity index (χ4v) is 4.15. The second-order valence-corrected chi connectivity index (χ2v) is 7.97. The highest BCUT2D eigenvalue weighted by atomic mass is 35.5. The molecule has 3 aromatic rings. The minimum atomic E-state index is -0.917. The first-order valence-electron chi connectivity index (χ1n) is 10.2. The number of hydrogen-bond donors (Lipinski definition) is 2. The molecule has 1 unspecified atom stereocenters. The molecule has 1 fully saturated rings. The number of halogens is 1. The molecule has 1 aromatic heterocycles. The van der Waals surface area contributed by atoms with Crippen molar-refractivity contribution in [1.29, 1.82) is 0 Å². The summed E-state index contributed by atoms with van der Waals surface area (Å²) in [5, 5.41) is 21.3. The minimum absolute atomic E-state index is 0.0268. The number of carbonyl (C=O) groups excluding carboxylic acids is 2. The molecule has 1 atom stereocenters. The lowest BCUT2D eigenvalue weighted by Gasteiger charge is -2.25. The summed E-state index contributed by atoms with van der Waals surface area (Å²) in [7, 11) is 2.82. The first-order chi connectivity index (χ1) is 16.3. The van der Waals surface area contributed by atoms with E-state index in [0.717, 1.165) is 5.56 Å². The van der Waals surface area contributed by atoms with Crippen LogP contribution in [-0.4, -0.2) is 46.0 Å². The highest BCUT2D eigenvalue weighted by Crippen LogP contribution is 2.43. The molecule has 2 N–H and O–H groups in total. The van der Waals surface area contributed by atoms with Crippen LogP contribution in [0.25, 0.3) is 5.76 Å². The minimum Gasteiger partial charge on any atom is -0.508 e. The Morgan fingerprint density at radius 2 is 1.68 bits per heavy atom. The van der Waals surface area contributed by atoms with Crippen LogP contribution in [0.1, 0.15) is 22.7 Å². The molecule has 0 radical (unpaired) electrons. The van der Waals surface area contributed by atoms with Crippen molar-refractivity contribution in [1.82, 2.24) is 9.88 Å². The average molecular weight is 481 g/mol.